The van der Waals surface area contributed by atoms with Crippen molar-refractivity contribution < 1.29 is 18.4 Å². The van der Waals surface area contributed by atoms with Gasteiger partial charge in [0.1, 0.15) is 5.54 Å². The summed E-state index contributed by atoms with van der Waals surface area (Å²) in [5, 5.41) is 6.17. The number of piperazine rings is 1. The zero-order valence-electron chi connectivity index (χ0n) is 16.9. The summed E-state index contributed by atoms with van der Waals surface area (Å²) in [5.74, 6) is -1.63. The van der Waals surface area contributed by atoms with Gasteiger partial charge in [0.05, 0.1) is 6.67 Å². The summed E-state index contributed by atoms with van der Waals surface area (Å²) < 4.78 is 26.8. The van der Waals surface area contributed by atoms with Crippen LogP contribution in [0.1, 0.15) is 33.1 Å². The van der Waals surface area contributed by atoms with Gasteiger partial charge >= 0.3 is 0 Å². The van der Waals surface area contributed by atoms with Crippen LogP contribution >= 0.6 is 0 Å². The Bertz CT molecular complexity index is 816. The molecule has 3 atom stereocenters. The first-order valence-electron chi connectivity index (χ1n) is 10.4. The lowest BCUT2D eigenvalue weighted by atomic mass is 9.83. The number of carbonyl (C=O) groups is 2. The highest BCUT2D eigenvalue weighted by Gasteiger charge is 2.54. The van der Waals surface area contributed by atoms with Crippen molar-refractivity contribution in [3.63, 3.8) is 0 Å². The van der Waals surface area contributed by atoms with Crippen molar-refractivity contribution in [2.45, 2.75) is 44.7 Å². The average Bonchev–Trinajstić information content (AvgIpc) is 3.48. The molecule has 1 aliphatic carbocycles. The predicted molar refractivity (Wildman–Crippen MR) is 105 cm³/mol. The molecule has 158 valence electrons. The Morgan fingerprint density at radius 2 is 2.03 bits per heavy atom. The molecule has 0 bridgehead atoms. The number of amides is 2. The van der Waals surface area contributed by atoms with Crippen LogP contribution in [-0.2, 0) is 9.59 Å². The third-order valence-electron chi connectivity index (χ3n) is 6.56. The van der Waals surface area contributed by atoms with Gasteiger partial charge in [-0.05, 0) is 44.2 Å². The topological polar surface area (TPSA) is 64.7 Å². The average molecular weight is 406 g/mol. The Balaban J connectivity index is 1.40. The van der Waals surface area contributed by atoms with Gasteiger partial charge in [-0.3, -0.25) is 14.9 Å². The number of halogens is 2. The van der Waals surface area contributed by atoms with E-state index in [-0.39, 0.29) is 23.8 Å². The van der Waals surface area contributed by atoms with Crippen molar-refractivity contribution >= 4 is 17.5 Å². The van der Waals surface area contributed by atoms with Crippen LogP contribution in [0.4, 0.5) is 14.5 Å². The molecule has 0 aromatic heterocycles. The molecule has 0 spiro atoms. The number of hydrogen-bond acceptors (Lipinski definition) is 4. The lowest BCUT2D eigenvalue weighted by Gasteiger charge is -2.42. The largest absolute Gasteiger partial charge is 0.365 e. The number of nitrogens with zero attached hydrogens (tertiary/aromatic N) is 2. The van der Waals surface area contributed by atoms with Crippen molar-refractivity contribution in [3.8, 4) is 0 Å². The van der Waals surface area contributed by atoms with Crippen molar-refractivity contribution in [3.05, 3.63) is 29.8 Å². The second-order valence-corrected chi connectivity index (χ2v) is 8.64. The Kier molecular flexibility index (Phi) is 5.23. The van der Waals surface area contributed by atoms with E-state index in [0.717, 1.165) is 18.9 Å². The SMILES string of the molecule is C[C@@H](C[C@@]1(C2CC2)NCNC1=O)C(=O)N1CCN(c2ccc(F)c(F)c2)[C@@H](C)C1. The van der Waals surface area contributed by atoms with Crippen LogP contribution in [0.25, 0.3) is 0 Å². The van der Waals surface area contributed by atoms with Gasteiger partial charge in [-0.25, -0.2) is 8.78 Å². The van der Waals surface area contributed by atoms with Gasteiger partial charge in [0.2, 0.25) is 11.8 Å². The maximum Gasteiger partial charge on any atom is 0.241 e. The zero-order valence-corrected chi connectivity index (χ0v) is 16.9. The Morgan fingerprint density at radius 1 is 1.28 bits per heavy atom. The summed E-state index contributed by atoms with van der Waals surface area (Å²) in [4.78, 5) is 29.4. The smallest absolute Gasteiger partial charge is 0.241 e. The fraction of sp³-hybridized carbons (Fsp3) is 0.619. The van der Waals surface area contributed by atoms with E-state index in [4.69, 9.17) is 0 Å². The van der Waals surface area contributed by atoms with E-state index < -0.39 is 17.2 Å². The van der Waals surface area contributed by atoms with E-state index in [1.54, 1.807) is 6.07 Å². The summed E-state index contributed by atoms with van der Waals surface area (Å²) in [5.41, 5.74) is 0.00444. The second kappa shape index (κ2) is 7.55. The maximum absolute atomic E-state index is 13.6. The molecule has 8 heteroatoms. The summed E-state index contributed by atoms with van der Waals surface area (Å²) in [6.45, 7) is 5.91. The molecule has 2 amide bonds. The molecule has 1 aromatic carbocycles. The van der Waals surface area contributed by atoms with Crippen LogP contribution in [-0.4, -0.2) is 54.6 Å². The Labute approximate surface area is 169 Å². The minimum absolute atomic E-state index is 0.0103. The first-order valence-corrected chi connectivity index (χ1v) is 10.4. The van der Waals surface area contributed by atoms with Crippen molar-refractivity contribution in [2.24, 2.45) is 11.8 Å². The Morgan fingerprint density at radius 3 is 2.62 bits per heavy atom. The van der Waals surface area contributed by atoms with Gasteiger partial charge in [0.25, 0.3) is 0 Å². The highest BCUT2D eigenvalue weighted by molar-refractivity contribution is 5.90. The molecular formula is C21H28F2N4O2. The lowest BCUT2D eigenvalue weighted by Crippen LogP contribution is -2.56. The molecule has 3 fully saturated rings. The molecule has 6 nitrogen and oxygen atoms in total. The zero-order chi connectivity index (χ0) is 20.8. The molecule has 1 aromatic rings. The number of carbonyl (C=O) groups excluding carboxylic acids is 2. The normalized spacial score (nSPS) is 28.4. The van der Waals surface area contributed by atoms with Gasteiger partial charge in [-0.1, -0.05) is 6.92 Å². The highest BCUT2D eigenvalue weighted by Crippen LogP contribution is 2.44. The monoisotopic (exact) mass is 406 g/mol. The fourth-order valence-corrected chi connectivity index (χ4v) is 4.84. The van der Waals surface area contributed by atoms with E-state index in [1.165, 1.54) is 6.07 Å². The van der Waals surface area contributed by atoms with Gasteiger partial charge < -0.3 is 15.1 Å². The minimum Gasteiger partial charge on any atom is -0.365 e. The highest BCUT2D eigenvalue weighted by atomic mass is 19.2. The minimum atomic E-state index is -0.866. The van der Waals surface area contributed by atoms with Crippen LogP contribution in [0.15, 0.2) is 18.2 Å². The molecule has 1 saturated carbocycles. The van der Waals surface area contributed by atoms with E-state index in [2.05, 4.69) is 10.6 Å². The van der Waals surface area contributed by atoms with Gasteiger partial charge in [0.15, 0.2) is 11.6 Å². The van der Waals surface area contributed by atoms with Crippen LogP contribution in [0.5, 0.6) is 0 Å². The van der Waals surface area contributed by atoms with Crippen LogP contribution in [0.2, 0.25) is 0 Å². The summed E-state index contributed by atoms with van der Waals surface area (Å²) >= 11 is 0. The van der Waals surface area contributed by atoms with E-state index >= 15 is 0 Å². The van der Waals surface area contributed by atoms with Crippen LogP contribution < -0.4 is 15.5 Å². The first-order chi connectivity index (χ1) is 13.8. The molecule has 2 N–H and O–H groups in total. The summed E-state index contributed by atoms with van der Waals surface area (Å²) in [6, 6.07) is 3.89. The fourth-order valence-electron chi connectivity index (χ4n) is 4.84. The van der Waals surface area contributed by atoms with Gasteiger partial charge in [-0.2, -0.15) is 0 Å². The maximum atomic E-state index is 13.6. The molecule has 4 rings (SSSR count). The second-order valence-electron chi connectivity index (χ2n) is 8.64. The van der Waals surface area contributed by atoms with Crippen molar-refractivity contribution in [1.29, 1.82) is 0 Å². The summed E-state index contributed by atoms with van der Waals surface area (Å²) in [6.07, 6.45) is 2.54. The van der Waals surface area contributed by atoms with Gasteiger partial charge in [0, 0.05) is 43.3 Å². The molecular weight excluding hydrogens is 378 g/mol. The van der Waals surface area contributed by atoms with Crippen LogP contribution in [0, 0.1) is 23.5 Å². The lowest BCUT2D eigenvalue weighted by molar-refractivity contribution is -0.137. The van der Waals surface area contributed by atoms with E-state index in [1.807, 2.05) is 23.6 Å². The third kappa shape index (κ3) is 3.70. The number of anilines is 1. The molecule has 0 unspecified atom stereocenters. The van der Waals surface area contributed by atoms with Crippen molar-refractivity contribution in [2.75, 3.05) is 31.2 Å². The molecule has 29 heavy (non-hydrogen) atoms. The standard InChI is InChI=1S/C21H28F2N4O2/c1-13(10-21(15-3-4-15)20(29)24-12-25-21)19(28)26-7-8-27(14(2)11-26)16-5-6-17(22)18(23)9-16/h5-6,9,13-15,25H,3-4,7-8,10-12H2,1-2H3,(H,24,29)/t13-,14-,21-/m0/s1. The molecule has 0 radical (unpaired) electrons. The Hall–Kier alpha value is -2.22. The number of nitrogens with one attached hydrogen (secondary N) is 2. The first kappa shape index (κ1) is 20.1. The van der Waals surface area contributed by atoms with Crippen molar-refractivity contribution in [1.82, 2.24) is 15.5 Å². The summed E-state index contributed by atoms with van der Waals surface area (Å²) in [7, 11) is 0. The van der Waals surface area contributed by atoms with E-state index in [0.29, 0.717) is 44.3 Å². The third-order valence-corrected chi connectivity index (χ3v) is 6.56. The molecule has 2 heterocycles. The van der Waals surface area contributed by atoms with Crippen LogP contribution in [0.3, 0.4) is 0 Å². The predicted octanol–water partition coefficient (Wildman–Crippen LogP) is 1.85. The quantitative estimate of drug-likeness (QED) is 0.784. The van der Waals surface area contributed by atoms with Gasteiger partial charge in [-0.15, -0.1) is 0 Å². The van der Waals surface area contributed by atoms with E-state index in [9.17, 15) is 18.4 Å². The molecule has 2 aliphatic heterocycles. The number of benzene rings is 1. The molecule has 2 saturated heterocycles. The number of hydrogen-bond donors (Lipinski definition) is 2. The molecule has 3 aliphatic rings. The number of rotatable bonds is 5.